The fourth-order valence-corrected chi connectivity index (χ4v) is 2.73. The summed E-state index contributed by atoms with van der Waals surface area (Å²) in [6.07, 6.45) is 0.641. The highest BCUT2D eigenvalue weighted by Gasteiger charge is 2.21. The summed E-state index contributed by atoms with van der Waals surface area (Å²) in [4.78, 5) is 24.3. The summed E-state index contributed by atoms with van der Waals surface area (Å²) in [7, 11) is 0. The third kappa shape index (κ3) is 4.98. The number of nitrogens with one attached hydrogen (secondary N) is 1. The summed E-state index contributed by atoms with van der Waals surface area (Å²) in [5, 5.41) is 3.48. The van der Waals surface area contributed by atoms with Crippen molar-refractivity contribution < 1.29 is 19.1 Å². The zero-order valence-electron chi connectivity index (χ0n) is 15.3. The molecular formula is C18H23BrN2O4. The van der Waals surface area contributed by atoms with E-state index >= 15 is 0 Å². The molecule has 1 N–H and O–H groups in total. The highest BCUT2D eigenvalue weighted by Crippen LogP contribution is 2.32. The molecule has 1 heterocycles. The Balaban J connectivity index is 2.30. The minimum atomic E-state index is -0.583. The lowest BCUT2D eigenvalue weighted by atomic mass is 10.2. The Kier molecular flexibility index (Phi) is 5.18. The Labute approximate surface area is 155 Å². The van der Waals surface area contributed by atoms with Crippen LogP contribution in [0.3, 0.4) is 0 Å². The Morgan fingerprint density at radius 1 is 1.00 bits per heavy atom. The lowest BCUT2D eigenvalue weighted by Gasteiger charge is -2.20. The van der Waals surface area contributed by atoms with E-state index in [0.717, 1.165) is 5.39 Å². The van der Waals surface area contributed by atoms with Gasteiger partial charge in [-0.3, -0.25) is 9.88 Å². The number of hydrogen-bond donors (Lipinski definition) is 1. The van der Waals surface area contributed by atoms with Crippen LogP contribution in [0, 0.1) is 0 Å². The Bertz CT molecular complexity index is 813. The van der Waals surface area contributed by atoms with Gasteiger partial charge in [-0.05, 0) is 75.7 Å². The number of hydrogen-bond acceptors (Lipinski definition) is 4. The van der Waals surface area contributed by atoms with Crippen molar-refractivity contribution in [2.75, 3.05) is 5.32 Å². The van der Waals surface area contributed by atoms with Gasteiger partial charge in [0.15, 0.2) is 0 Å². The molecular weight excluding hydrogens is 388 g/mol. The fraction of sp³-hybridized carbons (Fsp3) is 0.444. The number of halogens is 1. The fourth-order valence-electron chi connectivity index (χ4n) is 2.16. The molecule has 0 fully saturated rings. The first-order valence-electron chi connectivity index (χ1n) is 7.90. The van der Waals surface area contributed by atoms with E-state index in [0.29, 0.717) is 15.7 Å². The van der Waals surface area contributed by atoms with Crippen molar-refractivity contribution in [3.63, 3.8) is 0 Å². The number of fused-ring (bicyclic) bond motifs is 1. The maximum atomic E-state index is 12.3. The number of carbonyl (C=O) groups is 2. The number of amides is 1. The van der Waals surface area contributed by atoms with Crippen molar-refractivity contribution in [1.82, 2.24) is 4.57 Å². The zero-order valence-corrected chi connectivity index (χ0v) is 16.9. The lowest BCUT2D eigenvalue weighted by molar-refractivity contribution is 0.0543. The number of benzene rings is 1. The van der Waals surface area contributed by atoms with Gasteiger partial charge in [0.1, 0.15) is 11.2 Å². The maximum absolute atomic E-state index is 12.3. The number of ether oxygens (including phenoxy) is 2. The number of anilines is 1. The largest absolute Gasteiger partial charge is 0.444 e. The zero-order chi connectivity index (χ0) is 19.0. The third-order valence-corrected chi connectivity index (χ3v) is 3.89. The summed E-state index contributed by atoms with van der Waals surface area (Å²) in [6.45, 7) is 10.8. The van der Waals surface area contributed by atoms with Gasteiger partial charge in [0.25, 0.3) is 0 Å². The van der Waals surface area contributed by atoms with Crippen molar-refractivity contribution in [2.24, 2.45) is 0 Å². The van der Waals surface area contributed by atoms with Crippen molar-refractivity contribution >= 4 is 44.7 Å². The number of nitrogens with zero attached hydrogens (tertiary/aromatic N) is 1. The average molecular weight is 411 g/mol. The first kappa shape index (κ1) is 19.3. The van der Waals surface area contributed by atoms with E-state index in [9.17, 15) is 9.59 Å². The smallest absolute Gasteiger partial charge is 0.418 e. The first-order chi connectivity index (χ1) is 11.4. The van der Waals surface area contributed by atoms with Gasteiger partial charge in [0, 0.05) is 11.6 Å². The van der Waals surface area contributed by atoms with E-state index in [2.05, 4.69) is 21.2 Å². The van der Waals surface area contributed by atoms with Crippen LogP contribution in [0.15, 0.2) is 28.9 Å². The first-order valence-corrected chi connectivity index (χ1v) is 8.69. The van der Waals surface area contributed by atoms with Crippen LogP contribution in [-0.4, -0.2) is 28.0 Å². The minimum Gasteiger partial charge on any atom is -0.444 e. The molecule has 2 rings (SSSR count). The number of carbonyl (C=O) groups excluding carboxylic acids is 2. The highest BCUT2D eigenvalue weighted by molar-refractivity contribution is 9.10. The molecule has 1 aromatic heterocycles. The van der Waals surface area contributed by atoms with Gasteiger partial charge in [-0.15, -0.1) is 0 Å². The molecule has 0 aliphatic rings. The highest BCUT2D eigenvalue weighted by atomic mass is 79.9. The van der Waals surface area contributed by atoms with Crippen LogP contribution in [0.25, 0.3) is 10.9 Å². The number of rotatable bonds is 1. The second-order valence-corrected chi connectivity index (χ2v) is 8.45. The molecule has 0 aliphatic carbocycles. The predicted molar refractivity (Wildman–Crippen MR) is 101 cm³/mol. The van der Waals surface area contributed by atoms with E-state index in [4.69, 9.17) is 9.47 Å². The van der Waals surface area contributed by atoms with Gasteiger partial charge < -0.3 is 9.47 Å². The van der Waals surface area contributed by atoms with Crippen LogP contribution in [0.5, 0.6) is 0 Å². The molecule has 136 valence electrons. The lowest BCUT2D eigenvalue weighted by Crippen LogP contribution is -2.27. The predicted octanol–water partition coefficient (Wildman–Crippen LogP) is 5.53. The van der Waals surface area contributed by atoms with E-state index in [1.54, 1.807) is 45.2 Å². The van der Waals surface area contributed by atoms with Crippen LogP contribution < -0.4 is 5.32 Å². The Morgan fingerprint density at radius 2 is 1.60 bits per heavy atom. The average Bonchev–Trinajstić information content (AvgIpc) is 2.82. The van der Waals surface area contributed by atoms with Crippen LogP contribution in [0.2, 0.25) is 0 Å². The SMILES string of the molecule is CC(C)(C)OC(=O)Nc1ccc2c(ccn2C(=O)OC(C)(C)C)c1Br. The molecule has 0 spiro atoms. The van der Waals surface area contributed by atoms with Crippen LogP contribution in [0.4, 0.5) is 15.3 Å². The minimum absolute atomic E-state index is 0.456. The summed E-state index contributed by atoms with van der Waals surface area (Å²) in [5.41, 5.74) is 0.0728. The standard InChI is InChI=1S/C18H23BrN2O4/c1-17(2,3)24-15(22)20-12-7-8-13-11(14(12)19)9-10-21(13)16(23)25-18(4,5)6/h7-10H,1-6H3,(H,20,22). The molecule has 25 heavy (non-hydrogen) atoms. The normalized spacial score (nSPS) is 12.1. The van der Waals surface area contributed by atoms with Crippen molar-refractivity contribution in [3.05, 3.63) is 28.9 Å². The molecule has 0 atom stereocenters. The van der Waals surface area contributed by atoms with E-state index < -0.39 is 23.4 Å². The molecule has 7 heteroatoms. The summed E-state index contributed by atoms with van der Waals surface area (Å²) in [6, 6.07) is 5.23. The summed E-state index contributed by atoms with van der Waals surface area (Å²) >= 11 is 3.48. The second kappa shape index (κ2) is 6.71. The van der Waals surface area contributed by atoms with E-state index in [-0.39, 0.29) is 0 Å². The Morgan fingerprint density at radius 3 is 2.16 bits per heavy atom. The van der Waals surface area contributed by atoms with Gasteiger partial charge in [-0.25, -0.2) is 9.59 Å². The van der Waals surface area contributed by atoms with Gasteiger partial charge in [-0.1, -0.05) is 0 Å². The number of aromatic nitrogens is 1. The second-order valence-electron chi connectivity index (χ2n) is 7.65. The molecule has 0 unspecified atom stereocenters. The van der Waals surface area contributed by atoms with Gasteiger partial charge in [-0.2, -0.15) is 0 Å². The summed E-state index contributed by atoms with van der Waals surface area (Å²) in [5.74, 6) is 0. The molecule has 0 aliphatic heterocycles. The molecule has 0 bridgehead atoms. The van der Waals surface area contributed by atoms with Crippen LogP contribution in [0.1, 0.15) is 41.5 Å². The summed E-state index contributed by atoms with van der Waals surface area (Å²) < 4.78 is 12.8. The molecule has 0 saturated carbocycles. The molecule has 0 radical (unpaired) electrons. The van der Waals surface area contributed by atoms with Crippen molar-refractivity contribution in [3.8, 4) is 0 Å². The van der Waals surface area contributed by atoms with Gasteiger partial charge >= 0.3 is 12.2 Å². The molecule has 2 aromatic rings. The Hall–Kier alpha value is -2.02. The monoisotopic (exact) mass is 410 g/mol. The molecule has 0 saturated heterocycles. The van der Waals surface area contributed by atoms with E-state index in [1.807, 2.05) is 20.8 Å². The molecule has 6 nitrogen and oxygen atoms in total. The van der Waals surface area contributed by atoms with Crippen LogP contribution in [-0.2, 0) is 9.47 Å². The van der Waals surface area contributed by atoms with Crippen molar-refractivity contribution in [1.29, 1.82) is 0 Å². The topological polar surface area (TPSA) is 69.6 Å². The third-order valence-electron chi connectivity index (χ3n) is 3.03. The van der Waals surface area contributed by atoms with E-state index in [1.165, 1.54) is 4.57 Å². The van der Waals surface area contributed by atoms with Gasteiger partial charge in [0.05, 0.1) is 15.7 Å². The molecule has 1 aromatic carbocycles. The molecule has 1 amide bonds. The quantitative estimate of drug-likeness (QED) is 0.670. The van der Waals surface area contributed by atoms with Crippen LogP contribution >= 0.6 is 15.9 Å². The van der Waals surface area contributed by atoms with Gasteiger partial charge in [0.2, 0.25) is 0 Å². The van der Waals surface area contributed by atoms with Crippen molar-refractivity contribution in [2.45, 2.75) is 52.7 Å². The maximum Gasteiger partial charge on any atom is 0.418 e.